The van der Waals surface area contributed by atoms with Crippen molar-refractivity contribution < 1.29 is 14.6 Å². The molecule has 4 heteroatoms. The quantitative estimate of drug-likeness (QED) is 0.780. The molecule has 0 spiro atoms. The largest absolute Gasteiger partial charge is 0.444 e. The summed E-state index contributed by atoms with van der Waals surface area (Å²) in [5.74, 6) is 0.798. The lowest BCUT2D eigenvalue weighted by atomic mass is 9.94. The highest BCUT2D eigenvalue weighted by atomic mass is 16.6. The summed E-state index contributed by atoms with van der Waals surface area (Å²) in [6.07, 6.45) is 0.427. The van der Waals surface area contributed by atoms with Crippen molar-refractivity contribution in [2.24, 2.45) is 11.8 Å². The van der Waals surface area contributed by atoms with Crippen LogP contribution in [0.5, 0.6) is 0 Å². The smallest absolute Gasteiger partial charge is 0.407 e. The van der Waals surface area contributed by atoms with Crippen molar-refractivity contribution in [3.63, 3.8) is 0 Å². The molecule has 0 aliphatic rings. The number of rotatable bonds is 6. The SMILES string of the molecule is CC(C)C[C@H](NC(=O)OC(C)(C)C)[C@@H](O)CC(C)C. The second-order valence-electron chi connectivity index (χ2n) is 7.08. The number of carbonyl (C=O) groups is 1. The predicted molar refractivity (Wildman–Crippen MR) is 78.1 cm³/mol. The predicted octanol–water partition coefficient (Wildman–Crippen LogP) is 3.33. The Hall–Kier alpha value is -0.770. The number of nitrogens with one attached hydrogen (secondary N) is 1. The highest BCUT2D eigenvalue weighted by Crippen LogP contribution is 2.16. The van der Waals surface area contributed by atoms with Crippen LogP contribution in [0, 0.1) is 11.8 Å². The van der Waals surface area contributed by atoms with Gasteiger partial charge in [-0.2, -0.15) is 0 Å². The Labute approximate surface area is 117 Å². The van der Waals surface area contributed by atoms with E-state index in [9.17, 15) is 9.90 Å². The third kappa shape index (κ3) is 9.77. The number of ether oxygens (including phenoxy) is 1. The second kappa shape index (κ2) is 7.73. The Morgan fingerprint density at radius 1 is 1.11 bits per heavy atom. The lowest BCUT2D eigenvalue weighted by Crippen LogP contribution is -2.46. The molecular weight excluding hydrogens is 242 g/mol. The molecule has 19 heavy (non-hydrogen) atoms. The molecule has 0 aromatic rings. The summed E-state index contributed by atoms with van der Waals surface area (Å²) < 4.78 is 5.24. The van der Waals surface area contributed by atoms with Gasteiger partial charge in [-0.3, -0.25) is 0 Å². The zero-order chi connectivity index (χ0) is 15.2. The molecule has 0 unspecified atom stereocenters. The van der Waals surface area contributed by atoms with E-state index in [1.165, 1.54) is 0 Å². The fourth-order valence-electron chi connectivity index (χ4n) is 1.93. The Morgan fingerprint density at radius 2 is 1.58 bits per heavy atom. The summed E-state index contributed by atoms with van der Waals surface area (Å²) in [4.78, 5) is 11.8. The van der Waals surface area contributed by atoms with Gasteiger partial charge in [-0.15, -0.1) is 0 Å². The third-order valence-electron chi connectivity index (χ3n) is 2.60. The first-order valence-electron chi connectivity index (χ1n) is 7.18. The molecule has 0 saturated carbocycles. The highest BCUT2D eigenvalue weighted by molar-refractivity contribution is 5.68. The zero-order valence-electron chi connectivity index (χ0n) is 13.5. The first-order valence-corrected chi connectivity index (χ1v) is 7.18. The summed E-state index contributed by atoms with van der Waals surface area (Å²) in [6, 6.07) is -0.253. The molecule has 2 atom stereocenters. The van der Waals surface area contributed by atoms with Crippen LogP contribution in [0.3, 0.4) is 0 Å². The van der Waals surface area contributed by atoms with Crippen LogP contribution in [0.25, 0.3) is 0 Å². The lowest BCUT2D eigenvalue weighted by molar-refractivity contribution is 0.0376. The minimum Gasteiger partial charge on any atom is -0.444 e. The lowest BCUT2D eigenvalue weighted by Gasteiger charge is -2.28. The summed E-state index contributed by atoms with van der Waals surface area (Å²) in [7, 11) is 0. The van der Waals surface area contributed by atoms with E-state index in [2.05, 4.69) is 33.0 Å². The van der Waals surface area contributed by atoms with E-state index in [1.54, 1.807) is 0 Å². The van der Waals surface area contributed by atoms with Crippen LogP contribution in [0.15, 0.2) is 0 Å². The molecule has 0 aliphatic heterocycles. The van der Waals surface area contributed by atoms with Gasteiger partial charge in [0.2, 0.25) is 0 Å². The van der Waals surface area contributed by atoms with E-state index in [0.29, 0.717) is 18.3 Å². The van der Waals surface area contributed by atoms with Crippen molar-refractivity contribution >= 4 is 6.09 Å². The average molecular weight is 273 g/mol. The molecule has 1 amide bonds. The van der Waals surface area contributed by atoms with Crippen molar-refractivity contribution in [2.45, 2.75) is 79.1 Å². The summed E-state index contributed by atoms with van der Waals surface area (Å²) >= 11 is 0. The third-order valence-corrected chi connectivity index (χ3v) is 2.60. The van der Waals surface area contributed by atoms with Crippen molar-refractivity contribution in [2.75, 3.05) is 0 Å². The minimum atomic E-state index is -0.532. The molecule has 114 valence electrons. The van der Waals surface area contributed by atoms with Crippen LogP contribution in [0.1, 0.15) is 61.3 Å². The van der Waals surface area contributed by atoms with E-state index < -0.39 is 17.8 Å². The van der Waals surface area contributed by atoms with Gasteiger partial charge >= 0.3 is 6.09 Å². The molecule has 4 nitrogen and oxygen atoms in total. The van der Waals surface area contributed by atoms with Gasteiger partial charge in [0.15, 0.2) is 0 Å². The van der Waals surface area contributed by atoms with Crippen LogP contribution in [-0.4, -0.2) is 28.9 Å². The maximum absolute atomic E-state index is 11.8. The molecule has 0 rings (SSSR count). The van der Waals surface area contributed by atoms with Gasteiger partial charge in [-0.25, -0.2) is 4.79 Å². The number of hydrogen-bond donors (Lipinski definition) is 2. The number of hydrogen-bond acceptors (Lipinski definition) is 3. The molecule has 0 aliphatic carbocycles. The molecule has 0 saturated heterocycles. The molecule has 0 bridgehead atoms. The first kappa shape index (κ1) is 18.2. The van der Waals surface area contributed by atoms with Gasteiger partial charge < -0.3 is 15.2 Å². The molecule has 0 radical (unpaired) electrons. The molecule has 0 fully saturated rings. The van der Waals surface area contributed by atoms with Crippen molar-refractivity contribution in [1.82, 2.24) is 5.32 Å². The molecule has 0 heterocycles. The fraction of sp³-hybridized carbons (Fsp3) is 0.933. The molecule has 0 aromatic heterocycles. The fourth-order valence-corrected chi connectivity index (χ4v) is 1.93. The normalized spacial score (nSPS) is 15.5. The Bertz CT molecular complexity index is 269. The van der Waals surface area contributed by atoms with Gasteiger partial charge in [-0.1, -0.05) is 27.7 Å². The number of alkyl carbamates (subject to hydrolysis) is 1. The second-order valence-corrected chi connectivity index (χ2v) is 7.08. The molecule has 2 N–H and O–H groups in total. The number of aliphatic hydroxyl groups is 1. The topological polar surface area (TPSA) is 58.6 Å². The van der Waals surface area contributed by atoms with Gasteiger partial charge in [0.25, 0.3) is 0 Å². The monoisotopic (exact) mass is 273 g/mol. The standard InChI is InChI=1S/C15H31NO3/c1-10(2)8-12(13(17)9-11(3)4)16-14(18)19-15(5,6)7/h10-13,17H,8-9H2,1-7H3,(H,16,18)/t12-,13-/m0/s1. The Morgan fingerprint density at radius 3 is 1.95 bits per heavy atom. The number of amides is 1. The van der Waals surface area contributed by atoms with E-state index in [4.69, 9.17) is 4.74 Å². The van der Waals surface area contributed by atoms with Crippen molar-refractivity contribution in [3.8, 4) is 0 Å². The van der Waals surface area contributed by atoms with Crippen LogP contribution < -0.4 is 5.32 Å². The van der Waals surface area contributed by atoms with Gasteiger partial charge in [-0.05, 0) is 45.4 Å². The number of aliphatic hydroxyl groups excluding tert-OH is 1. The van der Waals surface area contributed by atoms with Crippen molar-refractivity contribution in [3.05, 3.63) is 0 Å². The summed E-state index contributed by atoms with van der Waals surface area (Å²) in [6.45, 7) is 13.8. The summed E-state index contributed by atoms with van der Waals surface area (Å²) in [5.41, 5.74) is -0.518. The van der Waals surface area contributed by atoms with E-state index in [0.717, 1.165) is 6.42 Å². The maximum Gasteiger partial charge on any atom is 0.407 e. The molecular formula is C15H31NO3. The van der Waals surface area contributed by atoms with Crippen LogP contribution in [0.2, 0.25) is 0 Å². The van der Waals surface area contributed by atoms with E-state index in [1.807, 2.05) is 20.8 Å². The first-order chi connectivity index (χ1) is 8.51. The molecule has 0 aromatic carbocycles. The van der Waals surface area contributed by atoms with Crippen LogP contribution in [0.4, 0.5) is 4.79 Å². The van der Waals surface area contributed by atoms with Gasteiger partial charge in [0.05, 0.1) is 12.1 Å². The van der Waals surface area contributed by atoms with Crippen LogP contribution >= 0.6 is 0 Å². The Balaban J connectivity index is 4.54. The van der Waals surface area contributed by atoms with Crippen LogP contribution in [-0.2, 0) is 4.74 Å². The Kier molecular flexibility index (Phi) is 7.42. The van der Waals surface area contributed by atoms with E-state index in [-0.39, 0.29) is 6.04 Å². The van der Waals surface area contributed by atoms with Gasteiger partial charge in [0, 0.05) is 0 Å². The van der Waals surface area contributed by atoms with Gasteiger partial charge in [0.1, 0.15) is 5.60 Å². The average Bonchev–Trinajstić information content (AvgIpc) is 2.11. The highest BCUT2D eigenvalue weighted by Gasteiger charge is 2.25. The number of carbonyl (C=O) groups excluding carboxylic acids is 1. The minimum absolute atomic E-state index is 0.253. The van der Waals surface area contributed by atoms with Crippen molar-refractivity contribution in [1.29, 1.82) is 0 Å². The zero-order valence-corrected chi connectivity index (χ0v) is 13.5. The van der Waals surface area contributed by atoms with E-state index >= 15 is 0 Å². The maximum atomic E-state index is 11.8. The summed E-state index contributed by atoms with van der Waals surface area (Å²) in [5, 5.41) is 13.0.